The molecule has 1 aromatic rings. The minimum atomic E-state index is -0.187. The summed E-state index contributed by atoms with van der Waals surface area (Å²) in [6.07, 6.45) is 2.64. The fourth-order valence-electron chi connectivity index (χ4n) is 3.38. The molecule has 2 fully saturated rings. The van der Waals surface area contributed by atoms with Crippen molar-refractivity contribution >= 4 is 15.9 Å². The van der Waals surface area contributed by atoms with Gasteiger partial charge < -0.3 is 5.32 Å². The minimum absolute atomic E-state index is 0.187. The Bertz CT molecular complexity index is 451. The predicted octanol–water partition coefficient (Wildman–Crippen LogP) is 3.33. The van der Waals surface area contributed by atoms with Crippen molar-refractivity contribution in [3.8, 4) is 0 Å². The quantitative estimate of drug-likeness (QED) is 0.896. The van der Waals surface area contributed by atoms with E-state index in [4.69, 9.17) is 0 Å². The fourth-order valence-corrected chi connectivity index (χ4v) is 3.78. The third kappa shape index (κ3) is 2.71. The van der Waals surface area contributed by atoms with Gasteiger partial charge in [0.15, 0.2) is 0 Å². The summed E-state index contributed by atoms with van der Waals surface area (Å²) < 4.78 is 13.9. The van der Waals surface area contributed by atoms with Crippen LogP contribution in [0.3, 0.4) is 0 Å². The van der Waals surface area contributed by atoms with E-state index >= 15 is 0 Å². The molecular formula is C15H20BrFN2. The normalized spacial score (nSPS) is 29.2. The van der Waals surface area contributed by atoms with Crippen LogP contribution in [0.4, 0.5) is 4.39 Å². The number of fused-ring (bicyclic) bond motifs is 1. The first kappa shape index (κ1) is 13.5. The van der Waals surface area contributed by atoms with E-state index in [-0.39, 0.29) is 5.82 Å². The molecule has 3 rings (SSSR count). The number of halogens is 2. The Kier molecular flexibility index (Phi) is 3.92. The van der Waals surface area contributed by atoms with Crippen LogP contribution in [0.25, 0.3) is 0 Å². The van der Waals surface area contributed by atoms with Crippen molar-refractivity contribution in [3.05, 3.63) is 34.1 Å². The molecule has 0 amide bonds. The highest BCUT2D eigenvalue weighted by Gasteiger charge is 2.36. The van der Waals surface area contributed by atoms with Gasteiger partial charge in [0.1, 0.15) is 5.82 Å². The zero-order valence-corrected chi connectivity index (χ0v) is 12.8. The second kappa shape index (κ2) is 5.51. The van der Waals surface area contributed by atoms with Crippen molar-refractivity contribution < 1.29 is 4.39 Å². The molecule has 0 aliphatic carbocycles. The lowest BCUT2D eigenvalue weighted by Crippen LogP contribution is -2.40. The SMILES string of the molecule is CC(c1ccc(F)c(Br)c1)N1CC2CCCNC2C1. The number of rotatable bonds is 2. The van der Waals surface area contributed by atoms with Crippen molar-refractivity contribution in [3.63, 3.8) is 0 Å². The number of benzene rings is 1. The maximum Gasteiger partial charge on any atom is 0.137 e. The molecule has 3 unspecified atom stereocenters. The summed E-state index contributed by atoms with van der Waals surface area (Å²) >= 11 is 3.28. The van der Waals surface area contributed by atoms with Crippen LogP contribution >= 0.6 is 15.9 Å². The van der Waals surface area contributed by atoms with Gasteiger partial charge in [0.25, 0.3) is 0 Å². The molecule has 2 aliphatic heterocycles. The lowest BCUT2D eigenvalue weighted by molar-refractivity contribution is 0.250. The van der Waals surface area contributed by atoms with Crippen molar-refractivity contribution in [2.45, 2.75) is 31.8 Å². The Morgan fingerprint density at radius 1 is 1.42 bits per heavy atom. The van der Waals surface area contributed by atoms with Crippen LogP contribution in [0.2, 0.25) is 0 Å². The molecule has 0 spiro atoms. The molecule has 104 valence electrons. The first-order valence-electron chi connectivity index (χ1n) is 7.07. The van der Waals surface area contributed by atoms with Crippen molar-refractivity contribution in [1.82, 2.24) is 10.2 Å². The van der Waals surface area contributed by atoms with Crippen LogP contribution in [-0.2, 0) is 0 Å². The van der Waals surface area contributed by atoms with E-state index in [9.17, 15) is 4.39 Å². The maximum absolute atomic E-state index is 13.3. The fraction of sp³-hybridized carbons (Fsp3) is 0.600. The highest BCUT2D eigenvalue weighted by molar-refractivity contribution is 9.10. The highest BCUT2D eigenvalue weighted by atomic mass is 79.9. The number of nitrogens with zero attached hydrogens (tertiary/aromatic N) is 1. The average Bonchev–Trinajstić information content (AvgIpc) is 2.85. The Labute approximate surface area is 122 Å². The summed E-state index contributed by atoms with van der Waals surface area (Å²) in [6.45, 7) is 5.65. The monoisotopic (exact) mass is 326 g/mol. The lowest BCUT2D eigenvalue weighted by Gasteiger charge is -2.25. The van der Waals surface area contributed by atoms with Gasteiger partial charge in [0.2, 0.25) is 0 Å². The number of piperidine rings is 1. The summed E-state index contributed by atoms with van der Waals surface area (Å²) in [4.78, 5) is 2.52. The molecule has 0 aromatic heterocycles. The van der Waals surface area contributed by atoms with E-state index in [1.165, 1.54) is 18.4 Å². The second-order valence-corrected chi connectivity index (χ2v) is 6.62. The molecule has 19 heavy (non-hydrogen) atoms. The molecule has 2 aliphatic rings. The van der Waals surface area contributed by atoms with Gasteiger partial charge in [-0.1, -0.05) is 6.07 Å². The molecule has 0 radical (unpaired) electrons. The van der Waals surface area contributed by atoms with Crippen LogP contribution in [0.1, 0.15) is 31.4 Å². The average molecular weight is 327 g/mol. The molecule has 2 heterocycles. The molecule has 2 nitrogen and oxygen atoms in total. The van der Waals surface area contributed by atoms with Gasteiger partial charge in [-0.25, -0.2) is 4.39 Å². The first-order valence-corrected chi connectivity index (χ1v) is 7.87. The zero-order valence-electron chi connectivity index (χ0n) is 11.2. The van der Waals surface area contributed by atoms with Crippen LogP contribution in [0.5, 0.6) is 0 Å². The second-order valence-electron chi connectivity index (χ2n) is 5.77. The van der Waals surface area contributed by atoms with E-state index in [0.29, 0.717) is 16.6 Å². The van der Waals surface area contributed by atoms with Crippen LogP contribution in [0, 0.1) is 11.7 Å². The molecule has 2 saturated heterocycles. The summed E-state index contributed by atoms with van der Waals surface area (Å²) in [6, 6.07) is 6.37. The summed E-state index contributed by atoms with van der Waals surface area (Å²) in [5.74, 6) is 0.604. The van der Waals surface area contributed by atoms with Crippen LogP contribution in [0.15, 0.2) is 22.7 Å². The lowest BCUT2D eigenvalue weighted by atomic mass is 9.94. The van der Waals surface area contributed by atoms with E-state index in [0.717, 1.165) is 25.6 Å². The van der Waals surface area contributed by atoms with Gasteiger partial charge in [-0.15, -0.1) is 0 Å². The molecule has 1 N–H and O–H groups in total. The Morgan fingerprint density at radius 3 is 3.00 bits per heavy atom. The van der Waals surface area contributed by atoms with E-state index in [1.54, 1.807) is 6.07 Å². The van der Waals surface area contributed by atoms with E-state index in [2.05, 4.69) is 33.1 Å². The van der Waals surface area contributed by atoms with Gasteiger partial charge >= 0.3 is 0 Å². The van der Waals surface area contributed by atoms with Gasteiger partial charge in [-0.3, -0.25) is 4.90 Å². The molecule has 0 bridgehead atoms. The van der Waals surface area contributed by atoms with Crippen molar-refractivity contribution in [2.75, 3.05) is 19.6 Å². The van der Waals surface area contributed by atoms with Gasteiger partial charge in [0, 0.05) is 25.2 Å². The Balaban J connectivity index is 1.73. The first-order chi connectivity index (χ1) is 9.15. The maximum atomic E-state index is 13.3. The van der Waals surface area contributed by atoms with Gasteiger partial charge in [-0.05, 0) is 65.9 Å². The number of nitrogens with one attached hydrogen (secondary N) is 1. The highest BCUT2D eigenvalue weighted by Crippen LogP contribution is 2.32. The number of likely N-dealkylation sites (tertiary alicyclic amines) is 1. The van der Waals surface area contributed by atoms with E-state index in [1.807, 2.05) is 12.1 Å². The van der Waals surface area contributed by atoms with Crippen LogP contribution in [-0.4, -0.2) is 30.6 Å². The summed E-state index contributed by atoms with van der Waals surface area (Å²) in [5.41, 5.74) is 1.19. The number of hydrogen-bond acceptors (Lipinski definition) is 2. The van der Waals surface area contributed by atoms with Crippen LogP contribution < -0.4 is 5.32 Å². The Morgan fingerprint density at radius 2 is 2.26 bits per heavy atom. The standard InChI is InChI=1S/C15H20BrFN2/c1-10(11-4-5-14(17)13(16)7-11)19-8-12-3-2-6-18-15(12)9-19/h4-5,7,10,12,15,18H,2-3,6,8-9H2,1H3. The number of hydrogen-bond donors (Lipinski definition) is 1. The molecule has 3 atom stereocenters. The smallest absolute Gasteiger partial charge is 0.137 e. The van der Waals surface area contributed by atoms with Crippen molar-refractivity contribution in [1.29, 1.82) is 0 Å². The van der Waals surface area contributed by atoms with Gasteiger partial charge in [-0.2, -0.15) is 0 Å². The third-order valence-electron chi connectivity index (χ3n) is 4.60. The minimum Gasteiger partial charge on any atom is -0.312 e. The topological polar surface area (TPSA) is 15.3 Å². The molecule has 4 heteroatoms. The predicted molar refractivity (Wildman–Crippen MR) is 78.6 cm³/mol. The Hall–Kier alpha value is -0.450. The molecule has 0 saturated carbocycles. The summed E-state index contributed by atoms with van der Waals surface area (Å²) in [7, 11) is 0. The summed E-state index contributed by atoms with van der Waals surface area (Å²) in [5, 5.41) is 3.63. The van der Waals surface area contributed by atoms with E-state index < -0.39 is 0 Å². The van der Waals surface area contributed by atoms with Crippen molar-refractivity contribution in [2.24, 2.45) is 5.92 Å². The molecule has 1 aromatic carbocycles. The van der Waals surface area contributed by atoms with Gasteiger partial charge in [0.05, 0.1) is 4.47 Å². The largest absolute Gasteiger partial charge is 0.312 e. The zero-order chi connectivity index (χ0) is 13.4. The third-order valence-corrected chi connectivity index (χ3v) is 5.21. The molecular weight excluding hydrogens is 307 g/mol.